The van der Waals surface area contributed by atoms with Crippen LogP contribution >= 0.6 is 0 Å². The average molecular weight is 428 g/mol. The molecule has 0 aliphatic heterocycles. The number of pyridine rings is 1. The molecule has 1 fully saturated rings. The number of carbonyl (C=O) groups excluding carboxylic acids is 1. The number of hydrogen-bond acceptors (Lipinski definition) is 5. The summed E-state index contributed by atoms with van der Waals surface area (Å²) in [5.74, 6) is 0.104. The molecule has 0 saturated heterocycles. The Labute approximate surface area is 186 Å². The van der Waals surface area contributed by atoms with E-state index >= 15 is 0 Å². The predicted octanol–water partition coefficient (Wildman–Crippen LogP) is 4.15. The van der Waals surface area contributed by atoms with Crippen molar-refractivity contribution in [2.24, 2.45) is 0 Å². The van der Waals surface area contributed by atoms with Gasteiger partial charge in [-0.2, -0.15) is 10.2 Å². The maximum Gasteiger partial charge on any atom is 0.269 e. The summed E-state index contributed by atoms with van der Waals surface area (Å²) in [4.78, 5) is 30.5. The molecule has 1 aromatic carbocycles. The highest BCUT2D eigenvalue weighted by atomic mass is 16.5. The Hall–Kier alpha value is -3.92. The lowest BCUT2D eigenvalue weighted by molar-refractivity contribution is -0.117. The molecule has 32 heavy (non-hydrogen) atoms. The van der Waals surface area contributed by atoms with E-state index in [1.807, 2.05) is 31.2 Å². The fraction of sp³-hybridized carbons (Fsp3) is 0.280. The van der Waals surface area contributed by atoms with Gasteiger partial charge in [0.25, 0.3) is 11.5 Å². The van der Waals surface area contributed by atoms with Crippen LogP contribution in [0.2, 0.25) is 0 Å². The number of ether oxygens (including phenoxy) is 1. The maximum absolute atomic E-state index is 13.2. The molecule has 1 saturated carbocycles. The van der Waals surface area contributed by atoms with E-state index in [2.05, 4.69) is 10.3 Å². The van der Waals surface area contributed by atoms with Crippen LogP contribution in [-0.4, -0.2) is 21.3 Å². The van der Waals surface area contributed by atoms with Crippen LogP contribution in [0.5, 0.6) is 11.6 Å². The molecule has 7 heteroatoms. The lowest BCUT2D eigenvalue weighted by atomic mass is 9.95. The molecule has 2 aromatic heterocycles. The number of para-hydroxylation sites is 1. The number of nitrogens with zero attached hydrogens (tertiary/aromatic N) is 3. The lowest BCUT2D eigenvalue weighted by Gasteiger charge is -2.22. The van der Waals surface area contributed by atoms with Crippen molar-refractivity contribution in [3.05, 3.63) is 75.7 Å². The van der Waals surface area contributed by atoms with Gasteiger partial charge >= 0.3 is 0 Å². The van der Waals surface area contributed by atoms with Gasteiger partial charge in [-0.1, -0.05) is 43.5 Å². The summed E-state index contributed by atoms with van der Waals surface area (Å²) in [6.07, 6.45) is 7.93. The second kappa shape index (κ2) is 9.48. The second-order valence-corrected chi connectivity index (χ2v) is 7.91. The van der Waals surface area contributed by atoms with Gasteiger partial charge in [0.15, 0.2) is 0 Å². The van der Waals surface area contributed by atoms with Crippen LogP contribution < -0.4 is 15.6 Å². The molecule has 4 rings (SSSR count). The molecule has 0 atom stereocenters. The van der Waals surface area contributed by atoms with Crippen molar-refractivity contribution < 1.29 is 9.53 Å². The van der Waals surface area contributed by atoms with Gasteiger partial charge < -0.3 is 10.1 Å². The van der Waals surface area contributed by atoms with Gasteiger partial charge in [-0.3, -0.25) is 14.0 Å². The largest absolute Gasteiger partial charge is 0.438 e. The summed E-state index contributed by atoms with van der Waals surface area (Å²) in [5.41, 5.74) is 0.751. The highest BCUT2D eigenvalue weighted by Crippen LogP contribution is 2.26. The molecule has 2 heterocycles. The lowest BCUT2D eigenvalue weighted by Crippen LogP contribution is -2.36. The molecule has 162 valence electrons. The summed E-state index contributed by atoms with van der Waals surface area (Å²) in [7, 11) is 0. The molecule has 0 unspecified atom stereocenters. The minimum Gasteiger partial charge on any atom is -0.438 e. The van der Waals surface area contributed by atoms with Crippen molar-refractivity contribution >= 4 is 17.6 Å². The van der Waals surface area contributed by atoms with Gasteiger partial charge in [0, 0.05) is 12.2 Å². The predicted molar refractivity (Wildman–Crippen MR) is 121 cm³/mol. The van der Waals surface area contributed by atoms with Crippen LogP contribution in [0.1, 0.15) is 43.2 Å². The number of aryl methyl sites for hydroxylation is 1. The Balaban J connectivity index is 1.77. The Morgan fingerprint density at radius 2 is 1.94 bits per heavy atom. The van der Waals surface area contributed by atoms with Crippen LogP contribution in [0, 0.1) is 18.3 Å². The highest BCUT2D eigenvalue weighted by Gasteiger charge is 2.21. The summed E-state index contributed by atoms with van der Waals surface area (Å²) in [6.45, 7) is 1.89. The summed E-state index contributed by atoms with van der Waals surface area (Å²) in [5, 5.41) is 12.6. The Kier molecular flexibility index (Phi) is 6.31. The first kappa shape index (κ1) is 21.3. The van der Waals surface area contributed by atoms with Gasteiger partial charge in [0.2, 0.25) is 5.88 Å². The monoisotopic (exact) mass is 428 g/mol. The van der Waals surface area contributed by atoms with Crippen LogP contribution in [-0.2, 0) is 4.79 Å². The van der Waals surface area contributed by atoms with Crippen LogP contribution in [0.3, 0.4) is 0 Å². The molecule has 0 bridgehead atoms. The van der Waals surface area contributed by atoms with Crippen molar-refractivity contribution in [1.29, 1.82) is 5.26 Å². The first-order chi connectivity index (χ1) is 15.6. The Morgan fingerprint density at radius 3 is 2.69 bits per heavy atom. The van der Waals surface area contributed by atoms with Gasteiger partial charge in [-0.05, 0) is 49.6 Å². The zero-order valence-electron chi connectivity index (χ0n) is 17.9. The van der Waals surface area contributed by atoms with Gasteiger partial charge in [-0.25, -0.2) is 0 Å². The van der Waals surface area contributed by atoms with E-state index in [1.54, 1.807) is 30.5 Å². The van der Waals surface area contributed by atoms with E-state index in [4.69, 9.17) is 4.74 Å². The van der Waals surface area contributed by atoms with Gasteiger partial charge in [0.05, 0.1) is 0 Å². The van der Waals surface area contributed by atoms with Crippen molar-refractivity contribution in [1.82, 2.24) is 14.7 Å². The van der Waals surface area contributed by atoms with E-state index in [9.17, 15) is 14.9 Å². The topological polar surface area (TPSA) is 96.5 Å². The van der Waals surface area contributed by atoms with E-state index in [-0.39, 0.29) is 23.1 Å². The number of aromatic nitrogens is 2. The summed E-state index contributed by atoms with van der Waals surface area (Å²) in [6, 6.07) is 14.5. The van der Waals surface area contributed by atoms with E-state index in [0.29, 0.717) is 11.4 Å². The van der Waals surface area contributed by atoms with Crippen LogP contribution in [0.25, 0.3) is 11.7 Å². The SMILES string of the molecule is Cc1ccccc1Oc1nc2ccccn2c(=O)c1/C=C(\C#N)C(=O)NC1CCCCC1. The molecule has 7 nitrogen and oxygen atoms in total. The molecule has 1 aliphatic rings. The third-order valence-electron chi connectivity index (χ3n) is 5.63. The molecule has 1 amide bonds. The third-order valence-corrected chi connectivity index (χ3v) is 5.63. The Morgan fingerprint density at radius 1 is 1.19 bits per heavy atom. The summed E-state index contributed by atoms with van der Waals surface area (Å²) >= 11 is 0. The number of hydrogen-bond donors (Lipinski definition) is 1. The van der Waals surface area contributed by atoms with Crippen molar-refractivity contribution in [3.63, 3.8) is 0 Å². The minimum absolute atomic E-state index is 0.0477. The third kappa shape index (κ3) is 4.54. The highest BCUT2D eigenvalue weighted by molar-refractivity contribution is 6.02. The second-order valence-electron chi connectivity index (χ2n) is 7.91. The van der Waals surface area contributed by atoms with Gasteiger partial charge in [0.1, 0.15) is 28.6 Å². The molecule has 0 radical (unpaired) electrons. The molecular weight excluding hydrogens is 404 g/mol. The number of benzene rings is 1. The quantitative estimate of drug-likeness (QED) is 0.486. The van der Waals surface area contributed by atoms with E-state index < -0.39 is 11.5 Å². The van der Waals surface area contributed by atoms with Gasteiger partial charge in [-0.15, -0.1) is 0 Å². The number of nitriles is 1. The number of amides is 1. The first-order valence-corrected chi connectivity index (χ1v) is 10.7. The zero-order chi connectivity index (χ0) is 22.5. The number of fused-ring (bicyclic) bond motifs is 1. The van der Waals surface area contributed by atoms with Crippen LogP contribution in [0.4, 0.5) is 0 Å². The fourth-order valence-corrected chi connectivity index (χ4v) is 3.86. The average Bonchev–Trinajstić information content (AvgIpc) is 2.81. The maximum atomic E-state index is 13.2. The number of carbonyl (C=O) groups is 1. The standard InChI is InChI=1S/C25H24N4O3/c1-17-9-5-6-12-21(17)32-24-20(25(31)29-14-8-7-13-22(29)28-24)15-18(16-26)23(30)27-19-10-3-2-4-11-19/h5-9,12-15,19H,2-4,10-11H2,1H3,(H,27,30)/b18-15+. The molecular formula is C25H24N4O3. The fourth-order valence-electron chi connectivity index (χ4n) is 3.86. The number of rotatable bonds is 5. The van der Waals surface area contributed by atoms with Crippen molar-refractivity contribution in [2.75, 3.05) is 0 Å². The molecule has 3 aromatic rings. The van der Waals surface area contributed by atoms with Crippen molar-refractivity contribution in [3.8, 4) is 17.7 Å². The smallest absolute Gasteiger partial charge is 0.269 e. The number of nitrogens with one attached hydrogen (secondary N) is 1. The normalized spacial score (nSPS) is 14.7. The zero-order valence-corrected chi connectivity index (χ0v) is 17.9. The first-order valence-electron chi connectivity index (χ1n) is 10.7. The van der Waals surface area contributed by atoms with E-state index in [1.165, 1.54) is 10.5 Å². The minimum atomic E-state index is -0.487. The summed E-state index contributed by atoms with van der Waals surface area (Å²) < 4.78 is 7.36. The Bertz CT molecular complexity index is 1280. The molecule has 1 N–H and O–H groups in total. The molecule has 0 spiro atoms. The van der Waals surface area contributed by atoms with E-state index in [0.717, 1.165) is 37.7 Å². The van der Waals surface area contributed by atoms with Crippen LogP contribution in [0.15, 0.2) is 59.0 Å². The molecule has 1 aliphatic carbocycles. The van der Waals surface area contributed by atoms with Crippen molar-refractivity contribution in [2.45, 2.75) is 45.1 Å².